The number of benzene rings is 2. The summed E-state index contributed by atoms with van der Waals surface area (Å²) in [5.74, 6) is -0.332. The van der Waals surface area contributed by atoms with Gasteiger partial charge in [0.05, 0.1) is 15.8 Å². The number of ether oxygens (including phenoxy) is 1. The summed E-state index contributed by atoms with van der Waals surface area (Å²) in [5, 5.41) is 11.5. The zero-order valence-corrected chi connectivity index (χ0v) is 19.8. The lowest BCUT2D eigenvalue weighted by Gasteiger charge is -2.23. The predicted molar refractivity (Wildman–Crippen MR) is 132 cm³/mol. The van der Waals surface area contributed by atoms with Crippen LogP contribution in [0.2, 0.25) is 0 Å². The highest BCUT2D eigenvalue weighted by Crippen LogP contribution is 2.33. The molecule has 2 aromatic carbocycles. The summed E-state index contributed by atoms with van der Waals surface area (Å²) in [4.78, 5) is 32.8. The molecule has 0 amide bonds. The number of phenolic OH excluding ortho intramolecular Hbond substituents is 1. The standard InChI is InChI=1S/C26H20N2O4S2/c1-16-22(25(31)32-15-18-6-3-2-4-7-18)23(20-8-5-13-33-20)28-24(30)21(34-26(28)27-16)14-17-9-11-19(29)12-10-17/h2-14,23,29H,15H2,1H3. The Morgan fingerprint density at radius 1 is 1.12 bits per heavy atom. The SMILES string of the molecule is CC1=C(C(=O)OCc2ccccc2)C(c2cccs2)n2c(sc(=Cc3ccc(O)cc3)c2=O)=N1. The van der Waals surface area contributed by atoms with Gasteiger partial charge in [-0.2, -0.15) is 0 Å². The van der Waals surface area contributed by atoms with E-state index in [2.05, 4.69) is 4.99 Å². The number of esters is 1. The molecule has 0 saturated carbocycles. The molecule has 170 valence electrons. The average molecular weight is 489 g/mol. The molecule has 3 heterocycles. The molecule has 4 aromatic rings. The number of phenols is 1. The van der Waals surface area contributed by atoms with E-state index in [-0.39, 0.29) is 17.9 Å². The topological polar surface area (TPSA) is 80.9 Å². The van der Waals surface area contributed by atoms with Crippen LogP contribution in [0.15, 0.2) is 93.2 Å². The van der Waals surface area contributed by atoms with Crippen molar-refractivity contribution < 1.29 is 14.6 Å². The zero-order chi connectivity index (χ0) is 23.7. The van der Waals surface area contributed by atoms with Crippen molar-refractivity contribution in [2.75, 3.05) is 0 Å². The number of hydrogen-bond acceptors (Lipinski definition) is 7. The lowest BCUT2D eigenvalue weighted by atomic mass is 10.0. The van der Waals surface area contributed by atoms with Crippen LogP contribution in [0.25, 0.3) is 6.08 Å². The van der Waals surface area contributed by atoms with E-state index in [9.17, 15) is 14.7 Å². The Morgan fingerprint density at radius 2 is 1.88 bits per heavy atom. The first-order chi connectivity index (χ1) is 16.5. The maximum atomic E-state index is 13.5. The van der Waals surface area contributed by atoms with Gasteiger partial charge >= 0.3 is 5.97 Å². The molecule has 2 aromatic heterocycles. The summed E-state index contributed by atoms with van der Waals surface area (Å²) >= 11 is 2.75. The van der Waals surface area contributed by atoms with E-state index in [0.29, 0.717) is 20.6 Å². The monoisotopic (exact) mass is 488 g/mol. The Morgan fingerprint density at radius 3 is 2.59 bits per heavy atom. The second-order valence-corrected chi connectivity index (χ2v) is 9.74. The van der Waals surface area contributed by atoms with Gasteiger partial charge in [-0.05, 0) is 47.7 Å². The van der Waals surface area contributed by atoms with Crippen LogP contribution < -0.4 is 14.9 Å². The Hall–Kier alpha value is -3.75. The zero-order valence-electron chi connectivity index (χ0n) is 18.2. The van der Waals surface area contributed by atoms with Gasteiger partial charge in [0.15, 0.2) is 4.80 Å². The Kier molecular flexibility index (Phi) is 6.00. The lowest BCUT2D eigenvalue weighted by molar-refractivity contribution is -0.140. The number of carbonyl (C=O) groups is 1. The average Bonchev–Trinajstić information content (AvgIpc) is 3.47. The van der Waals surface area contributed by atoms with Crippen molar-refractivity contribution >= 4 is 34.7 Å². The van der Waals surface area contributed by atoms with E-state index in [4.69, 9.17) is 4.74 Å². The quantitative estimate of drug-likeness (QED) is 0.434. The van der Waals surface area contributed by atoms with Gasteiger partial charge in [0.2, 0.25) is 0 Å². The molecule has 1 unspecified atom stereocenters. The first-order valence-corrected chi connectivity index (χ1v) is 12.3. The summed E-state index contributed by atoms with van der Waals surface area (Å²) < 4.78 is 7.72. The number of fused-ring (bicyclic) bond motifs is 1. The van der Waals surface area contributed by atoms with Gasteiger partial charge in [0.25, 0.3) is 5.56 Å². The number of aromatic nitrogens is 1. The van der Waals surface area contributed by atoms with Gasteiger partial charge in [0, 0.05) is 4.88 Å². The normalized spacial score (nSPS) is 15.7. The van der Waals surface area contributed by atoms with Crippen LogP contribution in [-0.4, -0.2) is 15.6 Å². The number of thiophene rings is 1. The highest BCUT2D eigenvalue weighted by molar-refractivity contribution is 7.10. The van der Waals surface area contributed by atoms with Crippen LogP contribution in [0.4, 0.5) is 0 Å². The third-order valence-corrected chi connectivity index (χ3v) is 7.37. The minimum atomic E-state index is -0.610. The molecule has 1 atom stereocenters. The van der Waals surface area contributed by atoms with Crippen LogP contribution in [-0.2, 0) is 16.1 Å². The van der Waals surface area contributed by atoms with Crippen molar-refractivity contribution in [1.82, 2.24) is 4.57 Å². The van der Waals surface area contributed by atoms with Crippen LogP contribution in [0.5, 0.6) is 5.75 Å². The highest BCUT2D eigenvalue weighted by atomic mass is 32.1. The minimum absolute atomic E-state index is 0.138. The fraction of sp³-hybridized carbons (Fsp3) is 0.115. The molecule has 5 rings (SSSR count). The first-order valence-electron chi connectivity index (χ1n) is 10.6. The third kappa shape index (κ3) is 4.25. The molecule has 0 bridgehead atoms. The Balaban J connectivity index is 1.58. The van der Waals surface area contributed by atoms with Gasteiger partial charge in [-0.25, -0.2) is 9.79 Å². The number of hydrogen-bond donors (Lipinski definition) is 1. The van der Waals surface area contributed by atoms with Gasteiger partial charge < -0.3 is 9.84 Å². The van der Waals surface area contributed by atoms with Crippen LogP contribution in [0.1, 0.15) is 29.0 Å². The fourth-order valence-corrected chi connectivity index (χ4v) is 5.69. The summed E-state index contributed by atoms with van der Waals surface area (Å²) in [6, 6.07) is 19.3. The van der Waals surface area contributed by atoms with Crippen LogP contribution in [0, 0.1) is 0 Å². The number of rotatable bonds is 5. The predicted octanol–water partition coefficient (Wildman–Crippen LogP) is 3.75. The highest BCUT2D eigenvalue weighted by Gasteiger charge is 2.34. The summed E-state index contributed by atoms with van der Waals surface area (Å²) in [7, 11) is 0. The maximum absolute atomic E-state index is 13.5. The Labute approximate surface area is 203 Å². The van der Waals surface area contributed by atoms with E-state index < -0.39 is 12.0 Å². The molecule has 0 fully saturated rings. The second kappa shape index (κ2) is 9.24. The van der Waals surface area contributed by atoms with Crippen molar-refractivity contribution in [2.24, 2.45) is 4.99 Å². The first kappa shape index (κ1) is 22.1. The summed E-state index contributed by atoms with van der Waals surface area (Å²) in [6.45, 7) is 1.91. The maximum Gasteiger partial charge on any atom is 0.338 e. The van der Waals surface area contributed by atoms with Crippen molar-refractivity contribution in [3.63, 3.8) is 0 Å². The van der Waals surface area contributed by atoms with Crippen LogP contribution in [0.3, 0.4) is 0 Å². The lowest BCUT2D eigenvalue weighted by Crippen LogP contribution is -2.39. The number of thiazole rings is 1. The molecule has 1 aliphatic rings. The minimum Gasteiger partial charge on any atom is -0.508 e. The number of allylic oxidation sites excluding steroid dienone is 1. The molecule has 6 nitrogen and oxygen atoms in total. The van der Waals surface area contributed by atoms with E-state index >= 15 is 0 Å². The molecule has 0 spiro atoms. The number of carbonyl (C=O) groups excluding carboxylic acids is 1. The van der Waals surface area contributed by atoms with Crippen molar-refractivity contribution in [3.8, 4) is 5.75 Å². The molecule has 0 saturated heterocycles. The molecule has 0 radical (unpaired) electrons. The molecule has 8 heteroatoms. The smallest absolute Gasteiger partial charge is 0.338 e. The summed E-state index contributed by atoms with van der Waals surface area (Å²) in [6.07, 6.45) is 1.77. The summed E-state index contributed by atoms with van der Waals surface area (Å²) in [5.41, 5.74) is 2.34. The van der Waals surface area contributed by atoms with Gasteiger partial charge in [0.1, 0.15) is 18.4 Å². The van der Waals surface area contributed by atoms with E-state index in [1.165, 1.54) is 22.7 Å². The molecule has 1 aliphatic heterocycles. The largest absolute Gasteiger partial charge is 0.508 e. The van der Waals surface area contributed by atoms with Gasteiger partial charge in [-0.3, -0.25) is 9.36 Å². The molecular formula is C26H20N2O4S2. The second-order valence-electron chi connectivity index (χ2n) is 7.75. The van der Waals surface area contributed by atoms with Crippen molar-refractivity contribution in [1.29, 1.82) is 0 Å². The molecular weight excluding hydrogens is 468 g/mol. The van der Waals surface area contributed by atoms with E-state index in [1.54, 1.807) is 41.8 Å². The Bertz CT molecular complexity index is 1550. The van der Waals surface area contributed by atoms with Crippen molar-refractivity contribution in [2.45, 2.75) is 19.6 Å². The van der Waals surface area contributed by atoms with E-state index in [1.807, 2.05) is 47.8 Å². The molecule has 0 aliphatic carbocycles. The van der Waals surface area contributed by atoms with Crippen molar-refractivity contribution in [3.05, 3.63) is 119 Å². The van der Waals surface area contributed by atoms with E-state index in [0.717, 1.165) is 16.0 Å². The molecule has 34 heavy (non-hydrogen) atoms. The van der Waals surface area contributed by atoms with Gasteiger partial charge in [-0.1, -0.05) is 59.9 Å². The van der Waals surface area contributed by atoms with Crippen LogP contribution >= 0.6 is 22.7 Å². The number of nitrogens with zero attached hydrogens (tertiary/aromatic N) is 2. The third-order valence-electron chi connectivity index (χ3n) is 5.46. The van der Waals surface area contributed by atoms with Gasteiger partial charge in [-0.15, -0.1) is 11.3 Å². The molecule has 1 N–H and O–H groups in total. The number of aromatic hydroxyl groups is 1. The fourth-order valence-electron chi connectivity index (χ4n) is 3.82.